The van der Waals surface area contributed by atoms with Crippen LogP contribution in [-0.4, -0.2) is 7.05 Å². The monoisotopic (exact) mass is 297 g/mol. The molecule has 0 saturated heterocycles. The van der Waals surface area contributed by atoms with Crippen LogP contribution in [0.25, 0.3) is 0 Å². The van der Waals surface area contributed by atoms with E-state index in [1.165, 1.54) is 44.1 Å². The molecule has 0 fully saturated rings. The lowest BCUT2D eigenvalue weighted by Gasteiger charge is -2.16. The van der Waals surface area contributed by atoms with E-state index in [4.69, 9.17) is 0 Å². The molecule has 0 radical (unpaired) electrons. The second-order valence-corrected chi connectivity index (χ2v) is 5.51. The maximum atomic E-state index is 3.48. The van der Waals surface area contributed by atoms with E-state index >= 15 is 0 Å². The molecule has 2 heteroatoms. The van der Waals surface area contributed by atoms with Crippen molar-refractivity contribution >= 4 is 15.9 Å². The third-order valence-corrected chi connectivity index (χ3v) is 3.75. The summed E-state index contributed by atoms with van der Waals surface area (Å²) in [6.45, 7) is 2.26. The topological polar surface area (TPSA) is 12.0 Å². The Morgan fingerprint density at radius 3 is 2.29 bits per heavy atom. The molecule has 0 aliphatic carbocycles. The quantitative estimate of drug-likeness (QED) is 0.661. The first kappa shape index (κ1) is 14.7. The van der Waals surface area contributed by atoms with Crippen LogP contribution in [0.4, 0.5) is 0 Å². The Labute approximate surface area is 114 Å². The minimum Gasteiger partial charge on any atom is -0.313 e. The third kappa shape index (κ3) is 5.69. The van der Waals surface area contributed by atoms with E-state index in [1.54, 1.807) is 0 Å². The van der Waals surface area contributed by atoms with Crippen LogP contribution < -0.4 is 5.32 Å². The molecule has 0 amide bonds. The molecule has 17 heavy (non-hydrogen) atoms. The molecule has 1 N–H and O–H groups in total. The lowest BCUT2D eigenvalue weighted by Crippen LogP contribution is -2.16. The summed E-state index contributed by atoms with van der Waals surface area (Å²) in [5.74, 6) is 0. The van der Waals surface area contributed by atoms with Crippen molar-refractivity contribution in [2.45, 2.75) is 51.5 Å². The summed E-state index contributed by atoms with van der Waals surface area (Å²) in [5.41, 5.74) is 1.39. The molecule has 0 aliphatic rings. The van der Waals surface area contributed by atoms with Gasteiger partial charge < -0.3 is 5.32 Å². The van der Waals surface area contributed by atoms with E-state index in [9.17, 15) is 0 Å². The number of unbranched alkanes of at least 4 members (excludes halogenated alkanes) is 4. The molecule has 0 heterocycles. The summed E-state index contributed by atoms with van der Waals surface area (Å²) in [7, 11) is 2.05. The SMILES string of the molecule is CCCCCCCC(NC)c1ccc(Br)cc1. The Hall–Kier alpha value is -0.340. The molecule has 0 spiro atoms. The highest BCUT2D eigenvalue weighted by Crippen LogP contribution is 2.21. The second-order valence-electron chi connectivity index (χ2n) is 4.60. The molecule has 1 rings (SSSR count). The number of hydrogen-bond acceptors (Lipinski definition) is 1. The molecule has 1 aromatic carbocycles. The normalized spacial score (nSPS) is 12.6. The van der Waals surface area contributed by atoms with Gasteiger partial charge in [0, 0.05) is 10.5 Å². The Morgan fingerprint density at radius 1 is 1.06 bits per heavy atom. The molecule has 1 unspecified atom stereocenters. The van der Waals surface area contributed by atoms with Gasteiger partial charge in [-0.05, 0) is 31.2 Å². The molecule has 1 atom stereocenters. The number of nitrogens with one attached hydrogen (secondary N) is 1. The second kappa shape index (κ2) is 8.71. The average Bonchev–Trinajstić information content (AvgIpc) is 2.35. The van der Waals surface area contributed by atoms with Crippen molar-refractivity contribution in [3.05, 3.63) is 34.3 Å². The van der Waals surface area contributed by atoms with Crippen molar-refractivity contribution in [3.63, 3.8) is 0 Å². The largest absolute Gasteiger partial charge is 0.313 e. The van der Waals surface area contributed by atoms with E-state index in [0.29, 0.717) is 6.04 Å². The van der Waals surface area contributed by atoms with Gasteiger partial charge in [-0.3, -0.25) is 0 Å². The lowest BCUT2D eigenvalue weighted by molar-refractivity contribution is 0.501. The fourth-order valence-corrected chi connectivity index (χ4v) is 2.39. The summed E-state index contributed by atoms with van der Waals surface area (Å²) in [4.78, 5) is 0. The van der Waals surface area contributed by atoms with Gasteiger partial charge in [-0.1, -0.05) is 67.1 Å². The van der Waals surface area contributed by atoms with Crippen LogP contribution in [0.1, 0.15) is 57.1 Å². The first-order valence-electron chi connectivity index (χ1n) is 6.70. The van der Waals surface area contributed by atoms with Crippen molar-refractivity contribution in [2.75, 3.05) is 7.05 Å². The lowest BCUT2D eigenvalue weighted by atomic mass is 10.00. The van der Waals surface area contributed by atoms with Gasteiger partial charge in [0.25, 0.3) is 0 Å². The molecule has 0 saturated carbocycles. The molecular weight excluding hydrogens is 274 g/mol. The van der Waals surface area contributed by atoms with Crippen LogP contribution in [-0.2, 0) is 0 Å². The van der Waals surface area contributed by atoms with Crippen molar-refractivity contribution in [2.24, 2.45) is 0 Å². The van der Waals surface area contributed by atoms with E-state index < -0.39 is 0 Å². The summed E-state index contributed by atoms with van der Waals surface area (Å²) in [6, 6.07) is 9.16. The minimum atomic E-state index is 0.504. The van der Waals surface area contributed by atoms with Crippen LogP contribution in [0, 0.1) is 0 Å². The number of rotatable bonds is 8. The van der Waals surface area contributed by atoms with Gasteiger partial charge in [-0.2, -0.15) is 0 Å². The standard InChI is InChI=1S/C15H24BrN/c1-3-4-5-6-7-8-15(17-2)13-9-11-14(16)12-10-13/h9-12,15,17H,3-8H2,1-2H3. The van der Waals surface area contributed by atoms with Crippen LogP contribution >= 0.6 is 15.9 Å². The molecule has 0 bridgehead atoms. The van der Waals surface area contributed by atoms with Crippen molar-refractivity contribution in [1.29, 1.82) is 0 Å². The molecule has 1 nitrogen and oxygen atoms in total. The van der Waals surface area contributed by atoms with Gasteiger partial charge in [0.1, 0.15) is 0 Å². The number of hydrogen-bond donors (Lipinski definition) is 1. The maximum absolute atomic E-state index is 3.48. The minimum absolute atomic E-state index is 0.504. The first-order chi connectivity index (χ1) is 8.27. The van der Waals surface area contributed by atoms with Gasteiger partial charge in [0.05, 0.1) is 0 Å². The fraction of sp³-hybridized carbons (Fsp3) is 0.600. The van der Waals surface area contributed by atoms with E-state index in [1.807, 2.05) is 0 Å². The van der Waals surface area contributed by atoms with Gasteiger partial charge >= 0.3 is 0 Å². The zero-order valence-corrected chi connectivity index (χ0v) is 12.6. The number of benzene rings is 1. The van der Waals surface area contributed by atoms with Crippen LogP contribution in [0.3, 0.4) is 0 Å². The Balaban J connectivity index is 2.35. The third-order valence-electron chi connectivity index (χ3n) is 3.22. The highest BCUT2D eigenvalue weighted by atomic mass is 79.9. The Kier molecular flexibility index (Phi) is 7.54. The van der Waals surface area contributed by atoms with Gasteiger partial charge in [-0.25, -0.2) is 0 Å². The van der Waals surface area contributed by atoms with Crippen LogP contribution in [0.5, 0.6) is 0 Å². The van der Waals surface area contributed by atoms with E-state index in [-0.39, 0.29) is 0 Å². The highest BCUT2D eigenvalue weighted by molar-refractivity contribution is 9.10. The summed E-state index contributed by atoms with van der Waals surface area (Å²) < 4.78 is 1.15. The maximum Gasteiger partial charge on any atom is 0.0317 e. The van der Waals surface area contributed by atoms with E-state index in [0.717, 1.165) is 4.47 Å². The predicted octanol–water partition coefficient (Wildman–Crippen LogP) is 5.07. The van der Waals surface area contributed by atoms with Crippen molar-refractivity contribution in [1.82, 2.24) is 5.32 Å². The molecule has 1 aromatic rings. The fourth-order valence-electron chi connectivity index (χ4n) is 2.12. The summed E-state index contributed by atoms with van der Waals surface area (Å²) in [6.07, 6.45) is 8.00. The Morgan fingerprint density at radius 2 is 1.71 bits per heavy atom. The van der Waals surface area contributed by atoms with Crippen LogP contribution in [0.15, 0.2) is 28.7 Å². The zero-order valence-electron chi connectivity index (χ0n) is 11.0. The van der Waals surface area contributed by atoms with Gasteiger partial charge in [0.15, 0.2) is 0 Å². The highest BCUT2D eigenvalue weighted by Gasteiger charge is 2.08. The summed E-state index contributed by atoms with van der Waals surface area (Å²) >= 11 is 3.48. The molecule has 0 aliphatic heterocycles. The predicted molar refractivity (Wildman–Crippen MR) is 79.3 cm³/mol. The smallest absolute Gasteiger partial charge is 0.0317 e. The van der Waals surface area contributed by atoms with E-state index in [2.05, 4.69) is 59.5 Å². The zero-order chi connectivity index (χ0) is 12.5. The molecule has 0 aromatic heterocycles. The van der Waals surface area contributed by atoms with Crippen molar-refractivity contribution < 1.29 is 0 Å². The molecule has 96 valence electrons. The number of halogens is 1. The van der Waals surface area contributed by atoms with Crippen molar-refractivity contribution in [3.8, 4) is 0 Å². The summed E-state index contributed by atoms with van der Waals surface area (Å²) in [5, 5.41) is 3.41. The first-order valence-corrected chi connectivity index (χ1v) is 7.50. The average molecular weight is 298 g/mol. The Bertz CT molecular complexity index is 294. The van der Waals surface area contributed by atoms with Crippen LogP contribution in [0.2, 0.25) is 0 Å². The van der Waals surface area contributed by atoms with Gasteiger partial charge in [0.2, 0.25) is 0 Å². The molecular formula is C15H24BrN. The van der Waals surface area contributed by atoms with Gasteiger partial charge in [-0.15, -0.1) is 0 Å².